The van der Waals surface area contributed by atoms with Gasteiger partial charge in [-0.15, -0.1) is 0 Å². The standard InChI is InChI=1S/C4H7BF3O.K/c6-5(7,8)2-1-4-3-9-4;/h4H,1-3H2;/q-1;+1. The molecule has 1 rings (SSSR count). The molecule has 1 heterocycles. The summed E-state index contributed by atoms with van der Waals surface area (Å²) in [5, 5.41) is 0. The summed E-state index contributed by atoms with van der Waals surface area (Å²) in [5.41, 5.74) is 0. The van der Waals surface area contributed by atoms with Crippen molar-refractivity contribution in [3.8, 4) is 0 Å². The molecule has 0 aromatic rings. The van der Waals surface area contributed by atoms with E-state index in [9.17, 15) is 12.9 Å². The Labute approximate surface area is 100 Å². The third kappa shape index (κ3) is 6.18. The second-order valence-electron chi connectivity index (χ2n) is 2.24. The van der Waals surface area contributed by atoms with E-state index in [-0.39, 0.29) is 63.9 Å². The van der Waals surface area contributed by atoms with Crippen molar-refractivity contribution in [2.45, 2.75) is 18.8 Å². The maximum absolute atomic E-state index is 11.5. The molecule has 0 spiro atoms. The molecule has 0 saturated carbocycles. The molecule has 0 aromatic heterocycles. The third-order valence-corrected chi connectivity index (χ3v) is 1.22. The van der Waals surface area contributed by atoms with Crippen molar-refractivity contribution in [2.75, 3.05) is 6.61 Å². The second kappa shape index (κ2) is 4.47. The quantitative estimate of drug-likeness (QED) is 0.383. The zero-order chi connectivity index (χ0) is 6.91. The first-order valence-corrected chi connectivity index (χ1v) is 2.90. The summed E-state index contributed by atoms with van der Waals surface area (Å²) in [6, 6.07) is 0. The Morgan fingerprint density at radius 3 is 2.20 bits per heavy atom. The Bertz CT molecular complexity index is 103. The molecule has 1 nitrogen and oxygen atoms in total. The van der Waals surface area contributed by atoms with E-state index in [1.807, 2.05) is 0 Å². The number of halogens is 3. The monoisotopic (exact) mass is 178 g/mol. The van der Waals surface area contributed by atoms with Gasteiger partial charge in [-0.1, -0.05) is 6.32 Å². The largest absolute Gasteiger partial charge is 1.00 e. The summed E-state index contributed by atoms with van der Waals surface area (Å²) in [6.45, 7) is -4.05. The van der Waals surface area contributed by atoms with Crippen molar-refractivity contribution in [2.24, 2.45) is 0 Å². The Hall–Kier alpha value is 1.45. The Kier molecular flexibility index (Phi) is 5.12. The van der Waals surface area contributed by atoms with Crippen molar-refractivity contribution in [1.29, 1.82) is 0 Å². The zero-order valence-corrected chi connectivity index (χ0v) is 8.94. The van der Waals surface area contributed by atoms with Crippen LogP contribution in [0.4, 0.5) is 12.9 Å². The van der Waals surface area contributed by atoms with Crippen LogP contribution >= 0.6 is 0 Å². The number of hydrogen-bond acceptors (Lipinski definition) is 1. The topological polar surface area (TPSA) is 12.5 Å². The summed E-state index contributed by atoms with van der Waals surface area (Å²) < 4.78 is 39.0. The van der Waals surface area contributed by atoms with Crippen molar-refractivity contribution >= 4 is 6.98 Å². The molecule has 1 unspecified atom stereocenters. The van der Waals surface area contributed by atoms with E-state index in [1.165, 1.54) is 0 Å². The fourth-order valence-corrected chi connectivity index (χ4v) is 0.610. The van der Waals surface area contributed by atoms with Gasteiger partial charge in [0.25, 0.3) is 0 Å². The van der Waals surface area contributed by atoms with Gasteiger partial charge in [0.2, 0.25) is 0 Å². The van der Waals surface area contributed by atoms with Crippen LogP contribution in [-0.4, -0.2) is 19.7 Å². The molecule has 1 fully saturated rings. The molecule has 1 saturated heterocycles. The van der Waals surface area contributed by atoms with Crippen molar-refractivity contribution < 1.29 is 69.1 Å². The molecular formula is C4H7BF3KO. The Balaban J connectivity index is 0.000000810. The predicted molar refractivity (Wildman–Crippen MR) is 28.2 cm³/mol. The summed E-state index contributed by atoms with van der Waals surface area (Å²) in [6.07, 6.45) is -0.581. The molecular weight excluding hydrogens is 171 g/mol. The van der Waals surface area contributed by atoms with E-state index < -0.39 is 13.3 Å². The van der Waals surface area contributed by atoms with Crippen molar-refractivity contribution in [3.05, 3.63) is 0 Å². The first-order chi connectivity index (χ1) is 4.08. The van der Waals surface area contributed by atoms with Gasteiger partial charge in [0.15, 0.2) is 0 Å². The average molecular weight is 178 g/mol. The van der Waals surface area contributed by atoms with Gasteiger partial charge in [-0.05, 0) is 6.42 Å². The fraction of sp³-hybridized carbons (Fsp3) is 1.00. The molecule has 1 aliphatic heterocycles. The fourth-order valence-electron chi connectivity index (χ4n) is 0.610. The number of ether oxygens (including phenoxy) is 1. The van der Waals surface area contributed by atoms with Gasteiger partial charge in [0.1, 0.15) is 0 Å². The molecule has 0 amide bonds. The van der Waals surface area contributed by atoms with Gasteiger partial charge >= 0.3 is 58.4 Å². The van der Waals surface area contributed by atoms with E-state index in [2.05, 4.69) is 4.74 Å². The van der Waals surface area contributed by atoms with Crippen LogP contribution in [0.3, 0.4) is 0 Å². The molecule has 1 atom stereocenters. The first-order valence-electron chi connectivity index (χ1n) is 2.90. The van der Waals surface area contributed by atoms with E-state index in [0.29, 0.717) is 6.61 Å². The van der Waals surface area contributed by atoms with Crippen LogP contribution in [0.25, 0.3) is 0 Å². The average Bonchev–Trinajstić information content (AvgIpc) is 2.38. The van der Waals surface area contributed by atoms with Gasteiger partial charge in [-0.25, -0.2) is 0 Å². The summed E-state index contributed by atoms with van der Waals surface area (Å²) >= 11 is 0. The molecule has 0 radical (unpaired) electrons. The molecule has 1 aliphatic rings. The van der Waals surface area contributed by atoms with Gasteiger partial charge in [-0.2, -0.15) is 0 Å². The maximum atomic E-state index is 11.5. The van der Waals surface area contributed by atoms with Gasteiger partial charge in [0.05, 0.1) is 12.7 Å². The molecule has 6 heteroatoms. The van der Waals surface area contributed by atoms with Crippen LogP contribution in [0, 0.1) is 0 Å². The number of epoxide rings is 1. The van der Waals surface area contributed by atoms with E-state index in [0.717, 1.165) is 0 Å². The molecule has 0 bridgehead atoms. The van der Waals surface area contributed by atoms with Gasteiger partial charge in [0, 0.05) is 0 Å². The van der Waals surface area contributed by atoms with Crippen molar-refractivity contribution in [1.82, 2.24) is 0 Å². The molecule has 54 valence electrons. The second-order valence-corrected chi connectivity index (χ2v) is 2.24. The minimum atomic E-state index is -4.57. The Morgan fingerprint density at radius 1 is 1.40 bits per heavy atom. The van der Waals surface area contributed by atoms with Gasteiger partial charge < -0.3 is 17.7 Å². The summed E-state index contributed by atoms with van der Waals surface area (Å²) in [7, 11) is 0. The SMILES string of the molecule is F[B-](F)(F)CCC1CO1.[K+]. The minimum absolute atomic E-state index is 0. The molecule has 0 aromatic carbocycles. The maximum Gasteiger partial charge on any atom is 1.00 e. The zero-order valence-electron chi connectivity index (χ0n) is 5.82. The van der Waals surface area contributed by atoms with Crippen LogP contribution in [0.2, 0.25) is 6.32 Å². The van der Waals surface area contributed by atoms with Crippen LogP contribution in [0.15, 0.2) is 0 Å². The van der Waals surface area contributed by atoms with E-state index in [1.54, 1.807) is 0 Å². The molecule has 0 N–H and O–H groups in total. The number of rotatable bonds is 3. The van der Waals surface area contributed by atoms with Crippen molar-refractivity contribution in [3.63, 3.8) is 0 Å². The third-order valence-electron chi connectivity index (χ3n) is 1.22. The summed E-state index contributed by atoms with van der Waals surface area (Å²) in [5.74, 6) is 0. The first kappa shape index (κ1) is 11.5. The normalized spacial score (nSPS) is 23.7. The smallest absolute Gasteiger partial charge is 0.449 e. The number of hydrogen-bond donors (Lipinski definition) is 0. The van der Waals surface area contributed by atoms with Gasteiger partial charge in [-0.3, -0.25) is 0 Å². The van der Waals surface area contributed by atoms with Crippen LogP contribution in [0.5, 0.6) is 0 Å². The minimum Gasteiger partial charge on any atom is -0.449 e. The van der Waals surface area contributed by atoms with E-state index >= 15 is 0 Å². The van der Waals surface area contributed by atoms with Crippen LogP contribution in [0.1, 0.15) is 6.42 Å². The van der Waals surface area contributed by atoms with Crippen LogP contribution < -0.4 is 51.4 Å². The summed E-state index contributed by atoms with van der Waals surface area (Å²) in [4.78, 5) is 0. The molecule has 10 heavy (non-hydrogen) atoms. The Morgan fingerprint density at radius 2 is 1.90 bits per heavy atom. The van der Waals surface area contributed by atoms with E-state index in [4.69, 9.17) is 0 Å². The van der Waals surface area contributed by atoms with Crippen LogP contribution in [-0.2, 0) is 4.74 Å². The predicted octanol–water partition coefficient (Wildman–Crippen LogP) is -1.37. The molecule has 0 aliphatic carbocycles.